The minimum Gasteiger partial charge on any atom is -0.462 e. The highest BCUT2D eigenvalue weighted by Gasteiger charge is 2.39. The quantitative estimate of drug-likeness (QED) is 0.0600. The van der Waals surface area contributed by atoms with Crippen LogP contribution in [-0.2, 0) is 33.4 Å². The number of carbonyl (C=O) groups excluding carboxylic acids is 6. The highest BCUT2D eigenvalue weighted by Crippen LogP contribution is 2.36. The summed E-state index contributed by atoms with van der Waals surface area (Å²) >= 11 is 10.7. The van der Waals surface area contributed by atoms with Crippen LogP contribution in [0, 0.1) is 7.14 Å². The molecule has 0 aliphatic carbocycles. The Bertz CT molecular complexity index is 1120. The molecule has 0 saturated heterocycles. The first-order valence-corrected chi connectivity index (χ1v) is 13.9. The van der Waals surface area contributed by atoms with E-state index in [0.717, 1.165) is 23.9 Å². The van der Waals surface area contributed by atoms with Crippen LogP contribution in [0.5, 0.6) is 0 Å². The maximum atomic E-state index is 13.5. The molecule has 0 radical (unpaired) electrons. The maximum absolute atomic E-state index is 13.5. The molecule has 0 aliphatic rings. The number of carbonyl (C=O) groups is 6. The van der Waals surface area contributed by atoms with Gasteiger partial charge in [-0.2, -0.15) is 0 Å². The van der Waals surface area contributed by atoms with Crippen LogP contribution in [0.4, 0.5) is 5.69 Å². The van der Waals surface area contributed by atoms with Crippen LogP contribution < -0.4 is 3.11 Å². The topological polar surface area (TPSA) is 177 Å². The van der Waals surface area contributed by atoms with E-state index >= 15 is 0 Å². The van der Waals surface area contributed by atoms with Crippen molar-refractivity contribution in [1.82, 2.24) is 5.06 Å². The third kappa shape index (κ3) is 9.68. The molecule has 1 aromatic carbocycles. The number of hydrogen-bond donors (Lipinski definition) is 2. The lowest BCUT2D eigenvalue weighted by atomic mass is 10.1. The van der Waals surface area contributed by atoms with Crippen molar-refractivity contribution in [2.24, 2.45) is 0 Å². The number of hydrogen-bond acceptors (Lipinski definition) is 11. The van der Waals surface area contributed by atoms with Gasteiger partial charge in [-0.05, 0) is 69.3 Å². The standard InChI is InChI=1S/C21H22ClI3N2O11/c1-9(29)36-8-14(37-10(2)30)18(38-11(3)31)21(34)27(25)13-7-12(19(22)32)16(23)15(17(13)24)20(33)26(35)5-4-6-28/h7,14,18,28,35H,4-6,8H2,1-3H3. The molecule has 0 aromatic heterocycles. The molecule has 1 rings (SSSR count). The lowest BCUT2D eigenvalue weighted by molar-refractivity contribution is -0.175. The van der Waals surface area contributed by atoms with E-state index in [4.69, 9.17) is 30.9 Å². The van der Waals surface area contributed by atoms with Gasteiger partial charge >= 0.3 is 17.9 Å². The van der Waals surface area contributed by atoms with Crippen molar-refractivity contribution >= 4 is 120 Å². The number of amides is 2. The monoisotopic (exact) mass is 894 g/mol. The molecule has 0 bridgehead atoms. The molecular formula is C21H22ClI3N2O11. The summed E-state index contributed by atoms with van der Waals surface area (Å²) in [5, 5.41) is 18.6. The fourth-order valence-electron chi connectivity index (χ4n) is 2.84. The van der Waals surface area contributed by atoms with Crippen molar-refractivity contribution < 1.29 is 53.3 Å². The molecule has 13 nitrogen and oxygen atoms in total. The number of aliphatic hydroxyl groups excluding tert-OH is 1. The Balaban J connectivity index is 3.67. The number of halogens is 4. The summed E-state index contributed by atoms with van der Waals surface area (Å²) in [6.07, 6.45) is -3.26. The van der Waals surface area contributed by atoms with E-state index < -0.39 is 53.8 Å². The van der Waals surface area contributed by atoms with Crippen molar-refractivity contribution in [3.05, 3.63) is 24.3 Å². The van der Waals surface area contributed by atoms with Crippen molar-refractivity contribution in [1.29, 1.82) is 0 Å². The molecule has 17 heteroatoms. The van der Waals surface area contributed by atoms with E-state index in [1.165, 1.54) is 28.9 Å². The lowest BCUT2D eigenvalue weighted by Gasteiger charge is -2.29. The van der Waals surface area contributed by atoms with Crippen LogP contribution >= 0.6 is 79.6 Å². The zero-order valence-electron chi connectivity index (χ0n) is 20.0. The van der Waals surface area contributed by atoms with Crippen LogP contribution in [0.1, 0.15) is 47.9 Å². The third-order valence-electron chi connectivity index (χ3n) is 4.42. The number of hydroxylamine groups is 2. The normalized spacial score (nSPS) is 12.1. The molecule has 2 atom stereocenters. The van der Waals surface area contributed by atoms with Crippen LogP contribution in [0.25, 0.3) is 0 Å². The number of aliphatic hydroxyl groups is 1. The SMILES string of the molecule is CC(=O)OCC(OC(C)=O)C(OC(C)=O)C(=O)N(I)c1cc(C(=O)Cl)c(I)c(C(=O)N(O)CCCO)c1I. The van der Waals surface area contributed by atoms with Crippen LogP contribution in [0.15, 0.2) is 6.07 Å². The summed E-state index contributed by atoms with van der Waals surface area (Å²) in [5.74, 6) is -4.44. The lowest BCUT2D eigenvalue weighted by Crippen LogP contribution is -2.48. The van der Waals surface area contributed by atoms with E-state index in [2.05, 4.69) is 0 Å². The van der Waals surface area contributed by atoms with Gasteiger partial charge in [0.2, 0.25) is 6.10 Å². The third-order valence-corrected chi connectivity index (χ3v) is 7.83. The van der Waals surface area contributed by atoms with E-state index in [-0.39, 0.29) is 43.5 Å². The molecule has 0 fully saturated rings. The predicted octanol–water partition coefficient (Wildman–Crippen LogP) is 2.60. The Morgan fingerprint density at radius 1 is 1.00 bits per heavy atom. The van der Waals surface area contributed by atoms with Crippen LogP contribution in [0.2, 0.25) is 0 Å². The van der Waals surface area contributed by atoms with Gasteiger partial charge in [0.05, 0.1) is 49.8 Å². The first-order chi connectivity index (χ1) is 17.6. The molecule has 38 heavy (non-hydrogen) atoms. The zero-order valence-corrected chi connectivity index (χ0v) is 27.3. The van der Waals surface area contributed by atoms with Gasteiger partial charge in [0.1, 0.15) is 6.61 Å². The number of esters is 3. The van der Waals surface area contributed by atoms with E-state index in [1.54, 1.807) is 45.2 Å². The minimum atomic E-state index is -1.80. The molecule has 0 aliphatic heterocycles. The second-order valence-corrected chi connectivity index (χ2v) is 10.8. The first kappa shape index (κ1) is 34.7. The summed E-state index contributed by atoms with van der Waals surface area (Å²) in [6, 6.07) is 1.22. The smallest absolute Gasteiger partial charge is 0.303 e. The predicted molar refractivity (Wildman–Crippen MR) is 156 cm³/mol. The largest absolute Gasteiger partial charge is 0.462 e. The van der Waals surface area contributed by atoms with Gasteiger partial charge < -0.3 is 19.3 Å². The number of benzene rings is 1. The minimum absolute atomic E-state index is 0.0502. The van der Waals surface area contributed by atoms with Gasteiger partial charge in [-0.3, -0.25) is 34.0 Å². The molecule has 2 unspecified atom stereocenters. The first-order valence-electron chi connectivity index (χ1n) is 10.4. The molecule has 2 N–H and O–H groups in total. The molecule has 0 heterocycles. The van der Waals surface area contributed by atoms with Gasteiger partial charge in [0.15, 0.2) is 6.10 Å². The summed E-state index contributed by atoms with van der Waals surface area (Å²) in [5.41, 5.74) is -0.384. The molecule has 2 amide bonds. The van der Waals surface area contributed by atoms with Gasteiger partial charge in [-0.25, -0.2) is 8.18 Å². The molecule has 1 aromatic rings. The number of rotatable bonds is 12. The average Bonchev–Trinajstić information content (AvgIpc) is 2.82. The Labute approximate surface area is 263 Å². The molecule has 0 spiro atoms. The highest BCUT2D eigenvalue weighted by molar-refractivity contribution is 14.1. The molecule has 0 saturated carbocycles. The fourth-order valence-corrected chi connectivity index (χ4v) is 6.58. The number of ether oxygens (including phenoxy) is 3. The van der Waals surface area contributed by atoms with E-state index in [1.807, 2.05) is 0 Å². The van der Waals surface area contributed by atoms with Crippen molar-refractivity contribution in [3.63, 3.8) is 0 Å². The number of anilines is 1. The number of nitrogens with zero attached hydrogens (tertiary/aromatic N) is 2. The van der Waals surface area contributed by atoms with Crippen molar-refractivity contribution in [2.45, 2.75) is 39.4 Å². The van der Waals surface area contributed by atoms with Crippen LogP contribution in [-0.4, -0.2) is 82.3 Å². The van der Waals surface area contributed by atoms with Crippen molar-refractivity contribution in [3.8, 4) is 0 Å². The average molecular weight is 895 g/mol. The second-order valence-electron chi connectivity index (χ2n) is 7.32. The molecular weight excluding hydrogens is 872 g/mol. The zero-order chi connectivity index (χ0) is 29.3. The van der Waals surface area contributed by atoms with Crippen LogP contribution in [0.3, 0.4) is 0 Å². The van der Waals surface area contributed by atoms with Gasteiger partial charge in [-0.15, -0.1) is 0 Å². The summed E-state index contributed by atoms with van der Waals surface area (Å²) < 4.78 is 16.2. The summed E-state index contributed by atoms with van der Waals surface area (Å²) in [7, 11) is 0. The van der Waals surface area contributed by atoms with Gasteiger partial charge in [-0.1, -0.05) is 0 Å². The van der Waals surface area contributed by atoms with Crippen molar-refractivity contribution in [2.75, 3.05) is 22.9 Å². The fraction of sp³-hybridized carbons (Fsp3) is 0.429. The van der Waals surface area contributed by atoms with Gasteiger partial charge in [0.25, 0.3) is 17.1 Å². The summed E-state index contributed by atoms with van der Waals surface area (Å²) in [4.78, 5) is 73.5. The van der Waals surface area contributed by atoms with E-state index in [9.17, 15) is 34.0 Å². The maximum Gasteiger partial charge on any atom is 0.303 e. The van der Waals surface area contributed by atoms with Gasteiger partial charge in [0, 0.05) is 30.9 Å². The van der Waals surface area contributed by atoms with E-state index in [0.29, 0.717) is 5.06 Å². The Kier molecular flexibility index (Phi) is 14.6. The second kappa shape index (κ2) is 16.0. The Hall–Kier alpha value is -1.36. The Morgan fingerprint density at radius 2 is 1.58 bits per heavy atom. The summed E-state index contributed by atoms with van der Waals surface area (Å²) in [6.45, 7) is 1.98. The molecule has 210 valence electrons. The Morgan fingerprint density at radius 3 is 2.05 bits per heavy atom. The highest BCUT2D eigenvalue weighted by atomic mass is 127.